The van der Waals surface area contributed by atoms with Crippen molar-refractivity contribution in [1.82, 2.24) is 0 Å². The number of allylic oxidation sites excluding steroid dienone is 1. The van der Waals surface area contributed by atoms with Crippen molar-refractivity contribution in [1.29, 1.82) is 0 Å². The second-order valence-corrected chi connectivity index (χ2v) is 4.07. The van der Waals surface area contributed by atoms with Crippen molar-refractivity contribution >= 4 is 0 Å². The summed E-state index contributed by atoms with van der Waals surface area (Å²) in [4.78, 5) is 0. The molecule has 1 aliphatic heterocycles. The molecule has 0 N–H and O–H groups in total. The van der Waals surface area contributed by atoms with E-state index in [9.17, 15) is 0 Å². The van der Waals surface area contributed by atoms with E-state index in [0.717, 1.165) is 17.8 Å². The summed E-state index contributed by atoms with van der Waals surface area (Å²) in [6.07, 6.45) is 5.57. The van der Waals surface area contributed by atoms with Crippen molar-refractivity contribution in [2.75, 3.05) is 6.79 Å². The first-order valence-electron chi connectivity index (χ1n) is 4.38. The van der Waals surface area contributed by atoms with Crippen LogP contribution in [0.25, 0.3) is 0 Å². The van der Waals surface area contributed by atoms with Crippen LogP contribution in [0, 0.1) is 23.7 Å². The standard InChI is InChI=1S/C9H10O2/c1-2-5-6-4(1)7(6)9-8(5)10-3-11-9/h1-2,4-9H,3H2/t4-,5+,6+,7-,8+,9-/m1/s1. The lowest BCUT2D eigenvalue weighted by molar-refractivity contribution is 0.0208. The van der Waals surface area contributed by atoms with Crippen LogP contribution in [0.2, 0.25) is 0 Å². The largest absolute Gasteiger partial charge is 0.349 e. The Morgan fingerprint density at radius 1 is 0.909 bits per heavy atom. The molecule has 2 nitrogen and oxygen atoms in total. The maximum absolute atomic E-state index is 5.55. The fraction of sp³-hybridized carbons (Fsp3) is 0.778. The average molecular weight is 150 g/mol. The zero-order valence-corrected chi connectivity index (χ0v) is 6.14. The van der Waals surface area contributed by atoms with Gasteiger partial charge in [0.2, 0.25) is 0 Å². The summed E-state index contributed by atoms with van der Waals surface area (Å²) in [6.45, 7) is 0.537. The highest BCUT2D eigenvalue weighted by Gasteiger charge is 2.70. The summed E-state index contributed by atoms with van der Waals surface area (Å²) < 4.78 is 11.1. The quantitative estimate of drug-likeness (QED) is 0.475. The van der Waals surface area contributed by atoms with Gasteiger partial charge < -0.3 is 9.47 Å². The van der Waals surface area contributed by atoms with Gasteiger partial charge in [0.1, 0.15) is 6.79 Å². The third-order valence-electron chi connectivity index (χ3n) is 3.80. The van der Waals surface area contributed by atoms with Gasteiger partial charge in [0.25, 0.3) is 0 Å². The summed E-state index contributed by atoms with van der Waals surface area (Å²) in [7, 11) is 0. The molecule has 11 heavy (non-hydrogen) atoms. The number of ether oxygens (including phenoxy) is 2. The second-order valence-electron chi connectivity index (χ2n) is 4.07. The molecule has 2 heteroatoms. The normalized spacial score (nSPS) is 68.4. The lowest BCUT2D eigenvalue weighted by Gasteiger charge is -2.14. The molecule has 0 aromatic carbocycles. The number of rotatable bonds is 0. The number of hydrogen-bond donors (Lipinski definition) is 0. The van der Waals surface area contributed by atoms with Crippen LogP contribution in [0.1, 0.15) is 0 Å². The predicted octanol–water partition coefficient (Wildman–Crippen LogP) is 0.790. The summed E-state index contributed by atoms with van der Waals surface area (Å²) in [5.41, 5.74) is 0. The van der Waals surface area contributed by atoms with Crippen molar-refractivity contribution in [3.05, 3.63) is 12.2 Å². The maximum atomic E-state index is 5.55. The summed E-state index contributed by atoms with van der Waals surface area (Å²) >= 11 is 0. The van der Waals surface area contributed by atoms with Gasteiger partial charge >= 0.3 is 0 Å². The molecular weight excluding hydrogens is 140 g/mol. The molecule has 3 fully saturated rings. The van der Waals surface area contributed by atoms with Crippen molar-refractivity contribution in [3.8, 4) is 0 Å². The van der Waals surface area contributed by atoms with E-state index in [4.69, 9.17) is 9.47 Å². The first-order valence-corrected chi connectivity index (χ1v) is 4.38. The molecule has 0 amide bonds. The molecule has 4 rings (SSSR count). The molecule has 4 aliphatic rings. The van der Waals surface area contributed by atoms with Crippen LogP contribution in [0.4, 0.5) is 0 Å². The molecule has 0 aromatic rings. The van der Waals surface area contributed by atoms with E-state index in [2.05, 4.69) is 12.2 Å². The lowest BCUT2D eigenvalue weighted by atomic mass is 10.0. The Bertz CT molecular complexity index is 248. The highest BCUT2D eigenvalue weighted by Crippen LogP contribution is 2.67. The van der Waals surface area contributed by atoms with E-state index in [1.807, 2.05) is 0 Å². The van der Waals surface area contributed by atoms with Gasteiger partial charge in [0.15, 0.2) is 0 Å². The third kappa shape index (κ3) is 0.422. The molecule has 0 spiro atoms. The van der Waals surface area contributed by atoms with Gasteiger partial charge in [0.05, 0.1) is 12.2 Å². The monoisotopic (exact) mass is 150 g/mol. The Morgan fingerprint density at radius 3 is 2.73 bits per heavy atom. The molecule has 58 valence electrons. The van der Waals surface area contributed by atoms with E-state index in [1.165, 1.54) is 0 Å². The Labute approximate surface area is 65.2 Å². The molecule has 2 saturated carbocycles. The maximum Gasteiger partial charge on any atom is 0.147 e. The number of hydrogen-bond acceptors (Lipinski definition) is 2. The van der Waals surface area contributed by atoms with Gasteiger partial charge in [-0.25, -0.2) is 0 Å². The molecule has 0 unspecified atom stereocenters. The Kier molecular flexibility index (Phi) is 0.684. The Balaban J connectivity index is 1.83. The molecule has 0 radical (unpaired) electrons. The molecule has 0 bridgehead atoms. The van der Waals surface area contributed by atoms with Crippen LogP contribution in [0.15, 0.2) is 12.2 Å². The molecule has 1 heterocycles. The molecule has 1 saturated heterocycles. The van der Waals surface area contributed by atoms with Gasteiger partial charge in [-0.05, 0) is 17.8 Å². The van der Waals surface area contributed by atoms with Gasteiger partial charge in [-0.3, -0.25) is 0 Å². The SMILES string of the molecule is C1=C[C@@H]2[C@H]3[C@H]1[C@@H]1OCO[C@@H]1[C@H]23. The van der Waals surface area contributed by atoms with Crippen molar-refractivity contribution < 1.29 is 9.47 Å². The topological polar surface area (TPSA) is 18.5 Å². The van der Waals surface area contributed by atoms with E-state index >= 15 is 0 Å². The summed E-state index contributed by atoms with van der Waals surface area (Å²) in [5.74, 6) is 3.31. The minimum Gasteiger partial charge on any atom is -0.349 e. The van der Waals surface area contributed by atoms with E-state index in [-0.39, 0.29) is 0 Å². The average Bonchev–Trinajstić information content (AvgIpc) is 2.48. The van der Waals surface area contributed by atoms with Gasteiger partial charge in [-0.1, -0.05) is 12.2 Å². The smallest absolute Gasteiger partial charge is 0.147 e. The minimum atomic E-state index is 0.417. The van der Waals surface area contributed by atoms with Gasteiger partial charge in [-0.15, -0.1) is 0 Å². The Morgan fingerprint density at radius 2 is 1.73 bits per heavy atom. The summed E-state index contributed by atoms with van der Waals surface area (Å²) in [5, 5.41) is 0. The van der Waals surface area contributed by atoms with Crippen LogP contribution in [0.3, 0.4) is 0 Å². The lowest BCUT2D eigenvalue weighted by Crippen LogP contribution is -2.25. The fourth-order valence-corrected chi connectivity index (χ4v) is 3.35. The minimum absolute atomic E-state index is 0.417. The highest BCUT2D eigenvalue weighted by molar-refractivity contribution is 5.30. The first kappa shape index (κ1) is 5.33. The van der Waals surface area contributed by atoms with Crippen molar-refractivity contribution in [3.63, 3.8) is 0 Å². The van der Waals surface area contributed by atoms with Gasteiger partial charge in [-0.2, -0.15) is 0 Å². The van der Waals surface area contributed by atoms with E-state index in [1.54, 1.807) is 0 Å². The molecule has 0 aromatic heterocycles. The highest BCUT2D eigenvalue weighted by atomic mass is 16.7. The van der Waals surface area contributed by atoms with Crippen LogP contribution < -0.4 is 0 Å². The fourth-order valence-electron chi connectivity index (χ4n) is 3.35. The van der Waals surface area contributed by atoms with Gasteiger partial charge in [0, 0.05) is 5.92 Å². The zero-order valence-electron chi connectivity index (χ0n) is 6.14. The van der Waals surface area contributed by atoms with Crippen LogP contribution >= 0.6 is 0 Å². The molecular formula is C9H10O2. The van der Waals surface area contributed by atoms with Crippen LogP contribution in [-0.2, 0) is 9.47 Å². The van der Waals surface area contributed by atoms with Crippen LogP contribution in [-0.4, -0.2) is 19.0 Å². The van der Waals surface area contributed by atoms with Crippen molar-refractivity contribution in [2.24, 2.45) is 23.7 Å². The predicted molar refractivity (Wildman–Crippen MR) is 37.7 cm³/mol. The first-order chi connectivity index (χ1) is 5.47. The van der Waals surface area contributed by atoms with Crippen molar-refractivity contribution in [2.45, 2.75) is 12.2 Å². The van der Waals surface area contributed by atoms with E-state index < -0.39 is 0 Å². The molecule has 6 atom stereocenters. The third-order valence-corrected chi connectivity index (χ3v) is 3.80. The van der Waals surface area contributed by atoms with Crippen LogP contribution in [0.5, 0.6) is 0 Å². The second kappa shape index (κ2) is 1.41. The zero-order chi connectivity index (χ0) is 7.00. The molecule has 3 aliphatic carbocycles. The summed E-state index contributed by atoms with van der Waals surface area (Å²) in [6, 6.07) is 0. The number of fused-ring (bicyclic) bond motifs is 4. The van der Waals surface area contributed by atoms with E-state index in [0.29, 0.717) is 24.9 Å². The Hall–Kier alpha value is -0.340.